The van der Waals surface area contributed by atoms with Crippen LogP contribution in [0.25, 0.3) is 11.1 Å². The number of benzene rings is 3. The average molecular weight is 600 g/mol. The number of rotatable bonds is 9. The molecule has 3 aromatic carbocycles. The highest BCUT2D eigenvalue weighted by molar-refractivity contribution is 9.10. The molecule has 4 rings (SSSR count). The van der Waals surface area contributed by atoms with Crippen molar-refractivity contribution < 1.29 is 9.84 Å². The average Bonchev–Trinajstić information content (AvgIpc) is 2.87. The lowest BCUT2D eigenvalue weighted by Gasteiger charge is -2.31. The van der Waals surface area contributed by atoms with E-state index in [9.17, 15) is 5.11 Å². The topological polar surface area (TPSA) is 45.6 Å². The van der Waals surface area contributed by atoms with Crippen LogP contribution in [0.15, 0.2) is 83.5 Å². The first-order valence-corrected chi connectivity index (χ1v) is 13.5. The maximum absolute atomic E-state index is 12.3. The molecule has 0 aliphatic carbocycles. The van der Waals surface area contributed by atoms with E-state index in [1.807, 2.05) is 56.6 Å². The molecule has 0 aliphatic heterocycles. The van der Waals surface area contributed by atoms with E-state index in [0.29, 0.717) is 34.3 Å². The molecular weight excluding hydrogens is 571 g/mol. The summed E-state index contributed by atoms with van der Waals surface area (Å²) in [5.74, 6) is 0.473. The highest BCUT2D eigenvalue weighted by Gasteiger charge is 2.32. The Morgan fingerprint density at radius 3 is 2.24 bits per heavy atom. The van der Waals surface area contributed by atoms with Crippen LogP contribution in [0.5, 0.6) is 5.88 Å². The Hall–Kier alpha value is -2.57. The number of ether oxygens (including phenoxy) is 1. The predicted molar refractivity (Wildman–Crippen MR) is 157 cm³/mol. The maximum atomic E-state index is 12.3. The van der Waals surface area contributed by atoms with Gasteiger partial charge in [-0.25, -0.2) is 4.98 Å². The summed E-state index contributed by atoms with van der Waals surface area (Å²) in [5.41, 5.74) is 4.40. The Bertz CT molecular complexity index is 1360. The van der Waals surface area contributed by atoms with Crippen LogP contribution in [0.2, 0.25) is 10.0 Å². The fourth-order valence-electron chi connectivity index (χ4n) is 4.58. The molecule has 0 saturated carbocycles. The quantitative estimate of drug-likeness (QED) is 0.212. The lowest BCUT2D eigenvalue weighted by molar-refractivity contribution is 0.0273. The van der Waals surface area contributed by atoms with Crippen molar-refractivity contribution in [2.45, 2.75) is 24.9 Å². The number of para-hydroxylation sites is 1. The zero-order chi connectivity index (χ0) is 26.6. The summed E-state index contributed by atoms with van der Waals surface area (Å²) >= 11 is 16.2. The lowest BCUT2D eigenvalue weighted by Crippen LogP contribution is -2.30. The van der Waals surface area contributed by atoms with Crippen LogP contribution in [-0.4, -0.2) is 31.3 Å². The van der Waals surface area contributed by atoms with Crippen LogP contribution < -0.4 is 9.64 Å². The molecule has 0 saturated heterocycles. The smallest absolute Gasteiger partial charge is 0.216 e. The fraction of sp³-hybridized carbons (Fsp3) is 0.233. The van der Waals surface area contributed by atoms with E-state index in [1.54, 1.807) is 31.5 Å². The Labute approximate surface area is 237 Å². The second kappa shape index (κ2) is 11.9. The van der Waals surface area contributed by atoms with Gasteiger partial charge in [0, 0.05) is 58.0 Å². The molecule has 0 spiro atoms. The number of methoxy groups -OCH3 is 1. The van der Waals surface area contributed by atoms with Crippen molar-refractivity contribution in [1.29, 1.82) is 0 Å². The third-order valence-corrected chi connectivity index (χ3v) is 7.43. The van der Waals surface area contributed by atoms with Crippen molar-refractivity contribution in [1.82, 2.24) is 4.98 Å². The highest BCUT2D eigenvalue weighted by Crippen LogP contribution is 2.38. The van der Waals surface area contributed by atoms with Gasteiger partial charge < -0.3 is 14.7 Å². The van der Waals surface area contributed by atoms with E-state index in [1.165, 1.54) is 0 Å². The molecule has 1 heterocycles. The number of hydrogen-bond acceptors (Lipinski definition) is 4. The van der Waals surface area contributed by atoms with E-state index >= 15 is 0 Å². The second-order valence-electron chi connectivity index (χ2n) is 9.29. The standard InChI is InChI=1S/C30H29BrCl2N2O2/c1-35(2)28-7-5-4-6-21(28)12-13-30(36,24-15-26(32)17-27(33)16-24)18-22-14-23(19-34-29(22)37-3)20-8-10-25(31)11-9-20/h4-11,14-17,19,36H,12-13,18H2,1-3H3. The molecule has 0 fully saturated rings. The minimum absolute atomic E-state index is 0.272. The first kappa shape index (κ1) is 27.5. The molecule has 0 radical (unpaired) electrons. The first-order chi connectivity index (χ1) is 17.7. The van der Waals surface area contributed by atoms with Gasteiger partial charge in [-0.05, 0) is 72.0 Å². The predicted octanol–water partition coefficient (Wildman–Crippen LogP) is 7.96. The Morgan fingerprint density at radius 2 is 1.59 bits per heavy atom. The number of anilines is 1. The van der Waals surface area contributed by atoms with Crippen LogP contribution in [0, 0.1) is 0 Å². The van der Waals surface area contributed by atoms with Gasteiger partial charge in [0.25, 0.3) is 0 Å². The van der Waals surface area contributed by atoms with Gasteiger partial charge in [0.1, 0.15) is 0 Å². The summed E-state index contributed by atoms with van der Waals surface area (Å²) < 4.78 is 6.61. The fourth-order valence-corrected chi connectivity index (χ4v) is 5.37. The number of hydrogen-bond donors (Lipinski definition) is 1. The van der Waals surface area contributed by atoms with Gasteiger partial charge in [-0.15, -0.1) is 0 Å². The summed E-state index contributed by atoms with van der Waals surface area (Å²) in [6.07, 6.45) is 3.15. The lowest BCUT2D eigenvalue weighted by atomic mass is 9.82. The van der Waals surface area contributed by atoms with Gasteiger partial charge in [-0.2, -0.15) is 0 Å². The Morgan fingerprint density at radius 1 is 0.919 bits per heavy atom. The van der Waals surface area contributed by atoms with Gasteiger partial charge in [0.2, 0.25) is 5.88 Å². The number of aromatic nitrogens is 1. The first-order valence-electron chi connectivity index (χ1n) is 11.9. The van der Waals surface area contributed by atoms with Crippen molar-refractivity contribution in [2.75, 3.05) is 26.1 Å². The number of nitrogens with zero attached hydrogens (tertiary/aromatic N) is 2. The van der Waals surface area contributed by atoms with Gasteiger partial charge in [-0.1, -0.05) is 69.5 Å². The summed E-state index contributed by atoms with van der Waals surface area (Å²) in [6.45, 7) is 0. The monoisotopic (exact) mass is 598 g/mol. The second-order valence-corrected chi connectivity index (χ2v) is 11.1. The van der Waals surface area contributed by atoms with Gasteiger partial charge in [-0.3, -0.25) is 0 Å². The molecule has 4 nitrogen and oxygen atoms in total. The van der Waals surface area contributed by atoms with E-state index < -0.39 is 5.60 Å². The van der Waals surface area contributed by atoms with Crippen molar-refractivity contribution >= 4 is 44.8 Å². The van der Waals surface area contributed by atoms with Crippen molar-refractivity contribution in [3.05, 3.63) is 110 Å². The van der Waals surface area contributed by atoms with Crippen LogP contribution in [-0.2, 0) is 18.4 Å². The van der Waals surface area contributed by atoms with E-state index in [0.717, 1.165) is 32.4 Å². The molecule has 1 atom stereocenters. The van der Waals surface area contributed by atoms with Crippen LogP contribution >= 0.6 is 39.1 Å². The summed E-state index contributed by atoms with van der Waals surface area (Å²) in [5, 5.41) is 13.2. The third kappa shape index (κ3) is 6.66. The summed E-state index contributed by atoms with van der Waals surface area (Å²) in [6, 6.07) is 23.5. The molecule has 1 N–H and O–H groups in total. The Balaban J connectivity index is 1.75. The molecular formula is C30H29BrCl2N2O2. The zero-order valence-corrected chi connectivity index (χ0v) is 24.1. The zero-order valence-electron chi connectivity index (χ0n) is 21.0. The normalized spacial score (nSPS) is 12.7. The molecule has 1 unspecified atom stereocenters. The number of aliphatic hydroxyl groups is 1. The third-order valence-electron chi connectivity index (χ3n) is 6.46. The van der Waals surface area contributed by atoms with Crippen molar-refractivity contribution in [3.63, 3.8) is 0 Å². The number of halogens is 3. The minimum Gasteiger partial charge on any atom is -0.481 e. The van der Waals surface area contributed by atoms with Gasteiger partial charge >= 0.3 is 0 Å². The van der Waals surface area contributed by atoms with E-state index in [4.69, 9.17) is 27.9 Å². The largest absolute Gasteiger partial charge is 0.481 e. The molecule has 37 heavy (non-hydrogen) atoms. The minimum atomic E-state index is -1.28. The molecule has 7 heteroatoms. The molecule has 0 bridgehead atoms. The van der Waals surface area contributed by atoms with Gasteiger partial charge in [0.05, 0.1) is 12.7 Å². The highest BCUT2D eigenvalue weighted by atomic mass is 79.9. The van der Waals surface area contributed by atoms with E-state index in [-0.39, 0.29) is 6.42 Å². The summed E-state index contributed by atoms with van der Waals surface area (Å²) in [4.78, 5) is 6.64. The Kier molecular flexibility index (Phi) is 8.81. The van der Waals surface area contributed by atoms with Crippen LogP contribution in [0.4, 0.5) is 5.69 Å². The van der Waals surface area contributed by atoms with Crippen LogP contribution in [0.3, 0.4) is 0 Å². The number of pyridine rings is 1. The molecule has 0 amide bonds. The van der Waals surface area contributed by atoms with Crippen LogP contribution in [0.1, 0.15) is 23.1 Å². The van der Waals surface area contributed by atoms with Crippen molar-refractivity contribution in [3.8, 4) is 17.0 Å². The molecule has 192 valence electrons. The molecule has 1 aromatic heterocycles. The summed E-state index contributed by atoms with van der Waals surface area (Å²) in [7, 11) is 5.63. The number of aryl methyl sites for hydroxylation is 1. The molecule has 4 aromatic rings. The SMILES string of the molecule is COc1ncc(-c2ccc(Br)cc2)cc1CC(O)(CCc1ccccc1N(C)C)c1cc(Cl)cc(Cl)c1. The molecule has 0 aliphatic rings. The maximum Gasteiger partial charge on any atom is 0.216 e. The van der Waals surface area contributed by atoms with E-state index in [2.05, 4.69) is 37.9 Å². The van der Waals surface area contributed by atoms with Gasteiger partial charge in [0.15, 0.2) is 0 Å². The van der Waals surface area contributed by atoms with Crippen molar-refractivity contribution in [2.24, 2.45) is 0 Å².